The smallest absolute Gasteiger partial charge is 0.256 e. The van der Waals surface area contributed by atoms with Crippen molar-refractivity contribution in [3.8, 4) is 0 Å². The molecule has 1 fully saturated rings. The maximum absolute atomic E-state index is 13.7. The first-order valence-corrected chi connectivity index (χ1v) is 7.63. The van der Waals surface area contributed by atoms with E-state index in [1.807, 2.05) is 6.92 Å². The summed E-state index contributed by atoms with van der Waals surface area (Å²) in [4.78, 5) is 16.0. The lowest BCUT2D eigenvalue weighted by atomic mass is 10.1. The van der Waals surface area contributed by atoms with Gasteiger partial charge in [-0.3, -0.25) is 9.69 Å². The number of nitrogens with zero attached hydrogens (tertiary/aromatic N) is 2. The second kappa shape index (κ2) is 8.22. The van der Waals surface area contributed by atoms with Crippen molar-refractivity contribution in [2.45, 2.75) is 13.0 Å². The molecule has 0 bridgehead atoms. The van der Waals surface area contributed by atoms with Crippen molar-refractivity contribution in [2.75, 3.05) is 45.9 Å². The third-order valence-corrected chi connectivity index (χ3v) is 3.75. The highest BCUT2D eigenvalue weighted by Gasteiger charge is 2.24. The van der Waals surface area contributed by atoms with Gasteiger partial charge in [-0.05, 0) is 19.1 Å². The number of aliphatic hydroxyl groups is 1. The predicted octanol–water partition coefficient (Wildman–Crippen LogP) is 0.981. The molecule has 1 heterocycles. The minimum atomic E-state index is -0.520. The van der Waals surface area contributed by atoms with Gasteiger partial charge < -0.3 is 14.7 Å². The fourth-order valence-corrected chi connectivity index (χ4v) is 2.54. The maximum atomic E-state index is 13.7. The lowest BCUT2D eigenvalue weighted by molar-refractivity contribution is 0.0111. The van der Waals surface area contributed by atoms with Crippen LogP contribution in [0.5, 0.6) is 0 Å². The number of hydrogen-bond acceptors (Lipinski definition) is 4. The standard InChI is InChI=1S/C16H23FN2O3/c1-2-22-12-13(20)11-18-7-9-19(10-8-18)16(21)14-5-3-4-6-15(14)17/h3-6,13,20H,2,7-12H2,1H3. The summed E-state index contributed by atoms with van der Waals surface area (Å²) in [6.45, 7) is 5.74. The van der Waals surface area contributed by atoms with E-state index in [0.717, 1.165) is 0 Å². The molecule has 5 nitrogen and oxygen atoms in total. The molecule has 0 aromatic heterocycles. The average molecular weight is 310 g/mol. The summed E-state index contributed by atoms with van der Waals surface area (Å²) in [5, 5.41) is 9.83. The highest BCUT2D eigenvalue weighted by Crippen LogP contribution is 2.12. The van der Waals surface area contributed by atoms with E-state index >= 15 is 0 Å². The number of rotatable bonds is 6. The number of carbonyl (C=O) groups is 1. The molecule has 1 saturated heterocycles. The van der Waals surface area contributed by atoms with E-state index in [-0.39, 0.29) is 11.5 Å². The zero-order valence-corrected chi connectivity index (χ0v) is 12.9. The Morgan fingerprint density at radius 3 is 2.64 bits per heavy atom. The summed E-state index contributed by atoms with van der Waals surface area (Å²) in [5.74, 6) is -0.755. The summed E-state index contributed by atoms with van der Waals surface area (Å²) in [5.41, 5.74) is 0.118. The van der Waals surface area contributed by atoms with E-state index in [2.05, 4.69) is 4.90 Å². The van der Waals surface area contributed by atoms with Crippen molar-refractivity contribution in [2.24, 2.45) is 0 Å². The Kier molecular flexibility index (Phi) is 6.30. The number of benzene rings is 1. The molecule has 1 aromatic rings. The fraction of sp³-hybridized carbons (Fsp3) is 0.562. The van der Waals surface area contributed by atoms with Crippen LogP contribution in [0.25, 0.3) is 0 Å². The molecule has 1 amide bonds. The molecule has 2 rings (SSSR count). The van der Waals surface area contributed by atoms with Crippen LogP contribution >= 0.6 is 0 Å². The summed E-state index contributed by atoms with van der Waals surface area (Å²) in [6.07, 6.45) is -0.520. The predicted molar refractivity (Wildman–Crippen MR) is 81.2 cm³/mol. The Hall–Kier alpha value is -1.50. The van der Waals surface area contributed by atoms with Gasteiger partial charge in [0.25, 0.3) is 5.91 Å². The van der Waals surface area contributed by atoms with Gasteiger partial charge >= 0.3 is 0 Å². The van der Waals surface area contributed by atoms with Gasteiger partial charge in [-0.15, -0.1) is 0 Å². The highest BCUT2D eigenvalue weighted by molar-refractivity contribution is 5.94. The van der Waals surface area contributed by atoms with Gasteiger partial charge in [0.15, 0.2) is 0 Å². The third kappa shape index (κ3) is 4.50. The van der Waals surface area contributed by atoms with E-state index < -0.39 is 11.9 Å². The van der Waals surface area contributed by atoms with Gasteiger partial charge in [0.05, 0.1) is 18.3 Å². The molecule has 1 aromatic carbocycles. The summed E-state index contributed by atoms with van der Waals surface area (Å²) in [6, 6.07) is 6.05. The molecule has 0 saturated carbocycles. The molecule has 1 aliphatic heterocycles. The van der Waals surface area contributed by atoms with Crippen molar-refractivity contribution in [1.82, 2.24) is 9.80 Å². The van der Waals surface area contributed by atoms with Crippen molar-refractivity contribution in [3.63, 3.8) is 0 Å². The molecule has 6 heteroatoms. The van der Waals surface area contributed by atoms with E-state index in [4.69, 9.17) is 4.74 Å². The number of ether oxygens (including phenoxy) is 1. The number of aliphatic hydroxyl groups excluding tert-OH is 1. The molecule has 0 radical (unpaired) electrons. The van der Waals surface area contributed by atoms with Crippen LogP contribution in [0.2, 0.25) is 0 Å². The monoisotopic (exact) mass is 310 g/mol. The Balaban J connectivity index is 1.82. The van der Waals surface area contributed by atoms with E-state index in [0.29, 0.717) is 45.9 Å². The molecule has 1 unspecified atom stereocenters. The van der Waals surface area contributed by atoms with Gasteiger partial charge in [-0.2, -0.15) is 0 Å². The minimum absolute atomic E-state index is 0.118. The van der Waals surface area contributed by atoms with Gasteiger partial charge in [0.2, 0.25) is 0 Å². The summed E-state index contributed by atoms with van der Waals surface area (Å²) < 4.78 is 18.8. The maximum Gasteiger partial charge on any atom is 0.256 e. The van der Waals surface area contributed by atoms with Crippen LogP contribution in [-0.4, -0.2) is 72.9 Å². The minimum Gasteiger partial charge on any atom is -0.389 e. The molecule has 1 N–H and O–H groups in total. The van der Waals surface area contributed by atoms with E-state index in [1.54, 1.807) is 17.0 Å². The second-order valence-electron chi connectivity index (χ2n) is 5.39. The largest absolute Gasteiger partial charge is 0.389 e. The number of piperazine rings is 1. The third-order valence-electron chi connectivity index (χ3n) is 3.75. The summed E-state index contributed by atoms with van der Waals surface area (Å²) >= 11 is 0. The lowest BCUT2D eigenvalue weighted by Gasteiger charge is -2.35. The normalized spacial score (nSPS) is 17.5. The van der Waals surface area contributed by atoms with Crippen LogP contribution in [0.3, 0.4) is 0 Å². The Morgan fingerprint density at radius 1 is 1.32 bits per heavy atom. The molecule has 122 valence electrons. The van der Waals surface area contributed by atoms with Crippen LogP contribution in [-0.2, 0) is 4.74 Å². The summed E-state index contributed by atoms with van der Waals surface area (Å²) in [7, 11) is 0. The van der Waals surface area contributed by atoms with Crippen molar-refractivity contribution in [3.05, 3.63) is 35.6 Å². The molecule has 1 atom stereocenters. The second-order valence-corrected chi connectivity index (χ2v) is 5.39. The number of carbonyl (C=O) groups excluding carboxylic acids is 1. The number of β-amino-alcohol motifs (C(OH)–C–C–N with tert-alkyl or cyclic N) is 1. The van der Waals surface area contributed by atoms with Crippen molar-refractivity contribution >= 4 is 5.91 Å². The highest BCUT2D eigenvalue weighted by atomic mass is 19.1. The Morgan fingerprint density at radius 2 is 2.00 bits per heavy atom. The molecule has 0 spiro atoms. The average Bonchev–Trinajstić information content (AvgIpc) is 2.53. The van der Waals surface area contributed by atoms with Gasteiger partial charge in [0, 0.05) is 39.3 Å². The van der Waals surface area contributed by atoms with Crippen molar-refractivity contribution < 1.29 is 19.0 Å². The number of amides is 1. The van der Waals surface area contributed by atoms with E-state index in [1.165, 1.54) is 12.1 Å². The fourth-order valence-electron chi connectivity index (χ4n) is 2.54. The Labute approximate surface area is 130 Å². The first kappa shape index (κ1) is 16.9. The molecular formula is C16H23FN2O3. The van der Waals surface area contributed by atoms with Gasteiger partial charge in [-0.25, -0.2) is 4.39 Å². The zero-order chi connectivity index (χ0) is 15.9. The van der Waals surface area contributed by atoms with Crippen LogP contribution < -0.4 is 0 Å². The quantitative estimate of drug-likeness (QED) is 0.851. The topological polar surface area (TPSA) is 53.0 Å². The first-order valence-electron chi connectivity index (χ1n) is 7.63. The van der Waals surface area contributed by atoms with Gasteiger partial charge in [0.1, 0.15) is 5.82 Å². The van der Waals surface area contributed by atoms with Crippen LogP contribution in [0.1, 0.15) is 17.3 Å². The zero-order valence-electron chi connectivity index (χ0n) is 12.9. The van der Waals surface area contributed by atoms with Gasteiger partial charge in [-0.1, -0.05) is 12.1 Å². The number of halogens is 1. The van der Waals surface area contributed by atoms with Crippen LogP contribution in [0, 0.1) is 5.82 Å². The molecule has 0 aliphatic carbocycles. The van der Waals surface area contributed by atoms with Crippen LogP contribution in [0.4, 0.5) is 4.39 Å². The first-order chi connectivity index (χ1) is 10.6. The Bertz CT molecular complexity index is 490. The number of hydrogen-bond donors (Lipinski definition) is 1. The SMILES string of the molecule is CCOCC(O)CN1CCN(C(=O)c2ccccc2F)CC1. The molecule has 1 aliphatic rings. The van der Waals surface area contributed by atoms with Crippen LogP contribution in [0.15, 0.2) is 24.3 Å². The lowest BCUT2D eigenvalue weighted by Crippen LogP contribution is -2.51. The van der Waals surface area contributed by atoms with E-state index in [9.17, 15) is 14.3 Å². The molecular weight excluding hydrogens is 287 g/mol. The van der Waals surface area contributed by atoms with Crippen molar-refractivity contribution in [1.29, 1.82) is 0 Å². The molecule has 22 heavy (non-hydrogen) atoms.